The number of hydrogen-bond donors (Lipinski definition) is 2. The first-order valence-electron chi connectivity index (χ1n) is 2.68. The van der Waals surface area contributed by atoms with Gasteiger partial charge in [0.1, 0.15) is 5.82 Å². The van der Waals surface area contributed by atoms with Gasteiger partial charge in [-0.1, -0.05) is 27.8 Å². The highest BCUT2D eigenvalue weighted by Gasteiger charge is 1.93. The fourth-order valence-electron chi connectivity index (χ4n) is 0.524. The quantitative estimate of drug-likeness (QED) is 0.479. The predicted molar refractivity (Wildman–Crippen MR) is 43.7 cm³/mol. The van der Waals surface area contributed by atoms with Gasteiger partial charge in [0, 0.05) is 0 Å². The zero-order valence-corrected chi connectivity index (χ0v) is 6.77. The number of H-pyrrole nitrogens is 1. The second kappa shape index (κ2) is 3.28. The van der Waals surface area contributed by atoms with Crippen LogP contribution in [0.25, 0.3) is 0 Å². The molecule has 0 amide bonds. The van der Waals surface area contributed by atoms with E-state index in [2.05, 4.69) is 38.0 Å². The number of hydrogen-bond acceptors (Lipinski definition) is 2. The molecule has 1 aromatic rings. The summed E-state index contributed by atoms with van der Waals surface area (Å²) in [6.45, 7) is 0. The molecule has 3 nitrogen and oxygen atoms in total. The van der Waals surface area contributed by atoms with Crippen LogP contribution < -0.4 is 5.73 Å². The van der Waals surface area contributed by atoms with E-state index >= 15 is 0 Å². The molecule has 0 unspecified atom stereocenters. The van der Waals surface area contributed by atoms with Crippen molar-refractivity contribution in [2.75, 3.05) is 11.1 Å². The summed E-state index contributed by atoms with van der Waals surface area (Å²) in [5.74, 6) is 6.17. The summed E-state index contributed by atoms with van der Waals surface area (Å²) in [5, 5.41) is 6.94. The van der Waals surface area contributed by atoms with Crippen molar-refractivity contribution in [3.8, 4) is 11.8 Å². The molecule has 0 aliphatic heterocycles. The molecule has 0 saturated heterocycles. The van der Waals surface area contributed by atoms with Crippen LogP contribution in [0.4, 0.5) is 5.82 Å². The Bertz CT molecular complexity index is 268. The van der Waals surface area contributed by atoms with Gasteiger partial charge in [0.15, 0.2) is 0 Å². The molecule has 1 rings (SSSR count). The number of rotatable bonds is 0. The topological polar surface area (TPSA) is 54.7 Å². The molecule has 3 N–H and O–H groups in total. The highest BCUT2D eigenvalue weighted by molar-refractivity contribution is 9.09. The van der Waals surface area contributed by atoms with Gasteiger partial charge in [0.2, 0.25) is 0 Å². The predicted octanol–water partition coefficient (Wildman–Crippen LogP) is 0.738. The molecule has 52 valence electrons. The van der Waals surface area contributed by atoms with Crippen LogP contribution in [-0.4, -0.2) is 15.5 Å². The van der Waals surface area contributed by atoms with Crippen LogP contribution >= 0.6 is 15.9 Å². The first-order chi connectivity index (χ1) is 4.84. The first-order valence-corrected chi connectivity index (χ1v) is 3.80. The summed E-state index contributed by atoms with van der Waals surface area (Å²) in [6, 6.07) is 0. The van der Waals surface area contributed by atoms with Gasteiger partial charge >= 0.3 is 0 Å². The van der Waals surface area contributed by atoms with Crippen LogP contribution in [-0.2, 0) is 0 Å². The Morgan fingerprint density at radius 2 is 2.60 bits per heavy atom. The Labute approximate surface area is 67.1 Å². The monoisotopic (exact) mass is 199 g/mol. The van der Waals surface area contributed by atoms with E-state index in [-0.39, 0.29) is 0 Å². The average Bonchev–Trinajstić information content (AvgIpc) is 2.31. The third-order valence-electron chi connectivity index (χ3n) is 0.959. The van der Waals surface area contributed by atoms with Crippen LogP contribution in [0, 0.1) is 11.8 Å². The zero-order valence-electron chi connectivity index (χ0n) is 5.19. The maximum absolute atomic E-state index is 5.45. The van der Waals surface area contributed by atoms with E-state index in [9.17, 15) is 0 Å². The number of aromatic nitrogens is 2. The van der Waals surface area contributed by atoms with E-state index in [1.54, 1.807) is 6.20 Å². The Morgan fingerprint density at radius 3 is 3.10 bits per heavy atom. The van der Waals surface area contributed by atoms with Crippen LogP contribution in [0.5, 0.6) is 0 Å². The Hall–Kier alpha value is -0.950. The molecule has 1 heterocycles. The van der Waals surface area contributed by atoms with Gasteiger partial charge in [-0.2, -0.15) is 5.10 Å². The van der Waals surface area contributed by atoms with Crippen LogP contribution in [0.3, 0.4) is 0 Å². The van der Waals surface area contributed by atoms with E-state index in [4.69, 9.17) is 5.73 Å². The molecule has 0 radical (unpaired) electrons. The number of nitrogens with zero attached hydrogens (tertiary/aromatic N) is 1. The molecule has 0 atom stereocenters. The average molecular weight is 200 g/mol. The van der Waals surface area contributed by atoms with Crippen LogP contribution in [0.1, 0.15) is 5.56 Å². The molecular formula is C6H6BrN3. The van der Waals surface area contributed by atoms with Gasteiger partial charge in [-0.3, -0.25) is 5.10 Å². The van der Waals surface area contributed by atoms with Crippen molar-refractivity contribution in [3.63, 3.8) is 0 Å². The summed E-state index contributed by atoms with van der Waals surface area (Å²) in [7, 11) is 0. The fourth-order valence-corrected chi connectivity index (χ4v) is 0.665. The normalized spacial score (nSPS) is 8.50. The maximum Gasteiger partial charge on any atom is 0.134 e. The fraction of sp³-hybridized carbons (Fsp3) is 0.167. The molecule has 0 fully saturated rings. The van der Waals surface area contributed by atoms with E-state index in [1.165, 1.54) is 0 Å². The van der Waals surface area contributed by atoms with Gasteiger partial charge in [-0.25, -0.2) is 0 Å². The molecule has 0 aliphatic rings. The second-order valence-corrected chi connectivity index (χ2v) is 2.19. The molecule has 10 heavy (non-hydrogen) atoms. The number of nitrogens with two attached hydrogens (primary N) is 1. The van der Waals surface area contributed by atoms with Crippen molar-refractivity contribution in [3.05, 3.63) is 11.8 Å². The van der Waals surface area contributed by atoms with Crippen molar-refractivity contribution < 1.29 is 0 Å². The number of nitrogens with one attached hydrogen (secondary N) is 1. The lowest BCUT2D eigenvalue weighted by molar-refractivity contribution is 1.10. The molecular weight excluding hydrogens is 194 g/mol. The number of anilines is 1. The summed E-state index contributed by atoms with van der Waals surface area (Å²) < 4.78 is 0. The number of nitrogen functional groups attached to an aromatic ring is 1. The minimum Gasteiger partial charge on any atom is -0.383 e. The van der Waals surface area contributed by atoms with Gasteiger partial charge in [-0.15, -0.1) is 0 Å². The van der Waals surface area contributed by atoms with E-state index in [0.29, 0.717) is 11.1 Å². The van der Waals surface area contributed by atoms with E-state index < -0.39 is 0 Å². The van der Waals surface area contributed by atoms with Crippen molar-refractivity contribution in [2.45, 2.75) is 0 Å². The maximum atomic E-state index is 5.45. The Morgan fingerprint density at radius 1 is 1.80 bits per heavy atom. The third kappa shape index (κ3) is 1.52. The SMILES string of the molecule is Nc1[nH]ncc1C#CCBr. The van der Waals surface area contributed by atoms with Crippen molar-refractivity contribution >= 4 is 21.7 Å². The molecule has 1 aromatic heterocycles. The van der Waals surface area contributed by atoms with E-state index in [0.717, 1.165) is 5.56 Å². The molecule has 0 spiro atoms. The Balaban J connectivity index is 2.84. The smallest absolute Gasteiger partial charge is 0.134 e. The van der Waals surface area contributed by atoms with Crippen molar-refractivity contribution in [1.29, 1.82) is 0 Å². The lowest BCUT2D eigenvalue weighted by Gasteiger charge is -1.81. The van der Waals surface area contributed by atoms with Crippen LogP contribution in [0.2, 0.25) is 0 Å². The van der Waals surface area contributed by atoms with Gasteiger partial charge in [0.05, 0.1) is 17.1 Å². The minimum atomic E-state index is 0.522. The van der Waals surface area contributed by atoms with Gasteiger partial charge in [-0.05, 0) is 0 Å². The third-order valence-corrected chi connectivity index (χ3v) is 1.24. The van der Waals surface area contributed by atoms with Gasteiger partial charge < -0.3 is 5.73 Å². The second-order valence-electron chi connectivity index (χ2n) is 1.63. The lowest BCUT2D eigenvalue weighted by Crippen LogP contribution is -1.86. The standard InChI is InChI=1S/C6H6BrN3/c7-3-1-2-5-4-9-10-6(5)8/h4H,3H2,(H3,8,9,10). The first kappa shape index (κ1) is 7.16. The molecule has 4 heteroatoms. The zero-order chi connectivity index (χ0) is 7.40. The number of halogens is 1. The molecule has 0 saturated carbocycles. The largest absolute Gasteiger partial charge is 0.383 e. The summed E-state index contributed by atoms with van der Waals surface area (Å²) in [6.07, 6.45) is 1.60. The molecule has 0 bridgehead atoms. The highest BCUT2D eigenvalue weighted by Crippen LogP contribution is 2.02. The molecule has 0 aliphatic carbocycles. The van der Waals surface area contributed by atoms with Crippen molar-refractivity contribution in [2.24, 2.45) is 0 Å². The number of alkyl halides is 1. The summed E-state index contributed by atoms with van der Waals surface area (Å²) in [5.41, 5.74) is 6.19. The Kier molecular flexibility index (Phi) is 2.35. The molecule has 0 aromatic carbocycles. The lowest BCUT2D eigenvalue weighted by atomic mass is 10.3. The van der Waals surface area contributed by atoms with Crippen LogP contribution in [0.15, 0.2) is 6.20 Å². The summed E-state index contributed by atoms with van der Waals surface area (Å²) in [4.78, 5) is 0. The summed E-state index contributed by atoms with van der Waals surface area (Å²) >= 11 is 3.17. The van der Waals surface area contributed by atoms with Crippen molar-refractivity contribution in [1.82, 2.24) is 10.2 Å². The highest BCUT2D eigenvalue weighted by atomic mass is 79.9. The van der Waals surface area contributed by atoms with E-state index in [1.807, 2.05) is 0 Å². The van der Waals surface area contributed by atoms with Gasteiger partial charge in [0.25, 0.3) is 0 Å². The number of aromatic amines is 1. The minimum absolute atomic E-state index is 0.522.